The minimum atomic E-state index is 1.01. The van der Waals surface area contributed by atoms with Gasteiger partial charge in [-0.1, -0.05) is 60.7 Å². The van der Waals surface area contributed by atoms with Crippen LogP contribution in [0, 0.1) is 12.2 Å². The maximum atomic E-state index is 3.25. The van der Waals surface area contributed by atoms with E-state index in [2.05, 4.69) is 89.8 Å². The Balaban J connectivity index is 0.000000230. The van der Waals surface area contributed by atoms with Crippen molar-refractivity contribution in [2.75, 3.05) is 0 Å². The molecule has 0 nitrogen and oxygen atoms in total. The van der Waals surface area contributed by atoms with Crippen LogP contribution in [0.1, 0.15) is 24.0 Å². The van der Waals surface area contributed by atoms with E-state index in [0.29, 0.717) is 0 Å². The molecular formula is C25H26Ti. The third-order valence-electron chi connectivity index (χ3n) is 3.56. The van der Waals surface area contributed by atoms with E-state index in [0.717, 1.165) is 25.7 Å². The number of hydrogen-bond donors (Lipinski definition) is 0. The van der Waals surface area contributed by atoms with Crippen LogP contribution in [-0.4, -0.2) is 4.82 Å². The van der Waals surface area contributed by atoms with Gasteiger partial charge in [0.05, 0.1) is 0 Å². The second-order valence-corrected chi connectivity index (χ2v) is 5.48. The van der Waals surface area contributed by atoms with E-state index in [1.54, 1.807) is 20.0 Å². The molecule has 0 saturated heterocycles. The molecule has 0 N–H and O–H groups in total. The van der Waals surface area contributed by atoms with Gasteiger partial charge in [0.2, 0.25) is 0 Å². The molecule has 0 amide bonds. The first-order valence-electron chi connectivity index (χ1n) is 8.82. The zero-order valence-corrected chi connectivity index (χ0v) is 16.8. The van der Waals surface area contributed by atoms with Gasteiger partial charge in [-0.3, -0.25) is 12.2 Å². The first kappa shape index (κ1) is 22.0. The van der Waals surface area contributed by atoms with Crippen LogP contribution in [0.2, 0.25) is 0 Å². The van der Waals surface area contributed by atoms with Crippen molar-refractivity contribution in [3.63, 3.8) is 0 Å². The van der Waals surface area contributed by atoms with Crippen molar-refractivity contribution in [1.29, 1.82) is 0 Å². The average molecular weight is 374 g/mol. The fourth-order valence-corrected chi connectivity index (χ4v) is 2.26. The SMILES string of the molecule is [C-]1=CC=CC1.[C-]1=CC=CC1.[CH2]=[Ti+2].c1ccc(CCc2ccccc2)cc1. The zero-order valence-electron chi connectivity index (χ0n) is 15.3. The molecule has 26 heavy (non-hydrogen) atoms. The van der Waals surface area contributed by atoms with Crippen molar-refractivity contribution >= 4 is 4.82 Å². The fourth-order valence-electron chi connectivity index (χ4n) is 2.26. The van der Waals surface area contributed by atoms with Gasteiger partial charge in [0, 0.05) is 0 Å². The van der Waals surface area contributed by atoms with E-state index in [4.69, 9.17) is 0 Å². The maximum Gasteiger partial charge on any atom is -0.0238 e. The largest absolute Gasteiger partial charge is 0.0622 e. The Morgan fingerprint density at radius 1 is 0.654 bits per heavy atom. The van der Waals surface area contributed by atoms with Crippen molar-refractivity contribution in [1.82, 2.24) is 0 Å². The summed E-state index contributed by atoms with van der Waals surface area (Å²) in [7, 11) is 0. The summed E-state index contributed by atoms with van der Waals surface area (Å²) in [6.07, 6.45) is 22.3. The Hall–Kier alpha value is -2.02. The summed E-state index contributed by atoms with van der Waals surface area (Å²) in [6, 6.07) is 21.2. The van der Waals surface area contributed by atoms with Crippen LogP contribution in [0.15, 0.2) is 97.1 Å². The molecular weight excluding hydrogens is 348 g/mol. The standard InChI is InChI=1S/C14H14.2C5H5.CH2.Ti/c1-3-7-13(8-4-1)11-12-14-9-5-2-6-10-14;2*1-2-4-5-3-1;;/h1-10H,11-12H2;2*1-3H,4H2;1H2;/q;2*-1;;+2. The van der Waals surface area contributed by atoms with Crippen molar-refractivity contribution < 1.29 is 20.0 Å². The monoisotopic (exact) mass is 374 g/mol. The summed E-state index contributed by atoms with van der Waals surface area (Å²) in [6.45, 7) is 0. The molecule has 0 heterocycles. The molecule has 0 unspecified atom stereocenters. The van der Waals surface area contributed by atoms with Gasteiger partial charge in [-0.2, -0.15) is 12.2 Å². The smallest absolute Gasteiger partial charge is 0.0238 e. The summed E-state index contributed by atoms with van der Waals surface area (Å²) in [5, 5.41) is 0. The Morgan fingerprint density at radius 3 is 1.27 bits per heavy atom. The number of rotatable bonds is 3. The molecule has 0 saturated carbocycles. The van der Waals surface area contributed by atoms with Gasteiger partial charge >= 0.3 is 24.8 Å². The fraction of sp³-hybridized carbons (Fsp3) is 0.160. The first-order chi connectivity index (χ1) is 12.9. The van der Waals surface area contributed by atoms with Gasteiger partial charge in [0.1, 0.15) is 0 Å². The van der Waals surface area contributed by atoms with Gasteiger partial charge in [0.25, 0.3) is 0 Å². The van der Waals surface area contributed by atoms with Gasteiger partial charge in [-0.05, 0) is 24.0 Å². The Kier molecular flexibility index (Phi) is 13.9. The van der Waals surface area contributed by atoms with Crippen LogP contribution >= 0.6 is 0 Å². The number of benzene rings is 2. The van der Waals surface area contributed by atoms with Crippen LogP contribution in [0.25, 0.3) is 0 Å². The minimum absolute atomic E-state index is 1.01. The van der Waals surface area contributed by atoms with E-state index in [1.807, 2.05) is 24.3 Å². The van der Waals surface area contributed by atoms with Gasteiger partial charge in [-0.15, -0.1) is 12.8 Å². The maximum absolute atomic E-state index is 3.25. The van der Waals surface area contributed by atoms with Crippen molar-refractivity contribution in [3.8, 4) is 0 Å². The van der Waals surface area contributed by atoms with Gasteiger partial charge in [-0.25, -0.2) is 24.3 Å². The van der Waals surface area contributed by atoms with E-state index >= 15 is 0 Å². The van der Waals surface area contributed by atoms with Crippen LogP contribution in [0.4, 0.5) is 0 Å². The number of aryl methyl sites for hydroxylation is 2. The third kappa shape index (κ3) is 11.5. The molecule has 0 spiro atoms. The Morgan fingerprint density at radius 2 is 1.04 bits per heavy atom. The summed E-state index contributed by atoms with van der Waals surface area (Å²) in [4.78, 5) is 3.25. The van der Waals surface area contributed by atoms with E-state index in [9.17, 15) is 0 Å². The second kappa shape index (κ2) is 16.5. The van der Waals surface area contributed by atoms with Gasteiger partial charge < -0.3 is 0 Å². The molecule has 130 valence electrons. The number of allylic oxidation sites excluding steroid dienone is 8. The molecule has 2 aromatic rings. The van der Waals surface area contributed by atoms with E-state index < -0.39 is 0 Å². The summed E-state index contributed by atoms with van der Waals surface area (Å²) >= 11 is 1.75. The normalized spacial score (nSPS) is 12.4. The molecule has 0 aromatic heterocycles. The van der Waals surface area contributed by atoms with Crippen molar-refractivity contribution in [2.45, 2.75) is 25.7 Å². The van der Waals surface area contributed by atoms with Crippen molar-refractivity contribution in [3.05, 3.63) is 120 Å². The molecule has 0 fully saturated rings. The minimum Gasteiger partial charge on any atom is -0.0622 e. The molecule has 1 heteroatoms. The van der Waals surface area contributed by atoms with Crippen LogP contribution in [0.5, 0.6) is 0 Å². The summed E-state index contributed by atoms with van der Waals surface area (Å²) in [5.41, 5.74) is 2.83. The Bertz CT molecular complexity index is 597. The second-order valence-electron chi connectivity index (χ2n) is 5.48. The molecule has 0 radical (unpaired) electrons. The molecule has 2 aromatic carbocycles. The Labute approximate surface area is 170 Å². The van der Waals surface area contributed by atoms with Crippen molar-refractivity contribution in [2.24, 2.45) is 0 Å². The van der Waals surface area contributed by atoms with E-state index in [-0.39, 0.29) is 0 Å². The van der Waals surface area contributed by atoms with E-state index in [1.165, 1.54) is 11.1 Å². The average Bonchev–Trinajstić information content (AvgIpc) is 3.49. The molecule has 4 rings (SSSR count). The third-order valence-corrected chi connectivity index (χ3v) is 3.56. The van der Waals surface area contributed by atoms with Crippen LogP contribution < -0.4 is 0 Å². The summed E-state index contributed by atoms with van der Waals surface area (Å²) < 4.78 is 0. The molecule has 0 bridgehead atoms. The van der Waals surface area contributed by atoms with Gasteiger partial charge in [0.15, 0.2) is 0 Å². The molecule has 0 atom stereocenters. The summed E-state index contributed by atoms with van der Waals surface area (Å²) in [5.74, 6) is 0. The zero-order chi connectivity index (χ0) is 18.7. The molecule has 2 aliphatic rings. The molecule has 2 aliphatic carbocycles. The predicted octanol–water partition coefficient (Wildman–Crippen LogP) is 6.05. The molecule has 0 aliphatic heterocycles. The topological polar surface area (TPSA) is 0 Å². The van der Waals surface area contributed by atoms with Crippen LogP contribution in [0.3, 0.4) is 0 Å². The van der Waals surface area contributed by atoms with Crippen LogP contribution in [-0.2, 0) is 32.8 Å². The predicted molar refractivity (Wildman–Crippen MR) is 111 cm³/mol. The number of hydrogen-bond acceptors (Lipinski definition) is 0. The first-order valence-corrected chi connectivity index (χ1v) is 9.92. The quantitative estimate of drug-likeness (QED) is 0.453.